The van der Waals surface area contributed by atoms with Crippen LogP contribution in [0.3, 0.4) is 0 Å². The summed E-state index contributed by atoms with van der Waals surface area (Å²) < 4.78 is 88.0. The molecule has 2 heterocycles. The average Bonchev–Trinajstić information content (AvgIpc) is 2.99. The molecule has 0 unspecified atom stereocenters. The Labute approximate surface area is 167 Å². The quantitative estimate of drug-likeness (QED) is 0.685. The van der Waals surface area contributed by atoms with Crippen molar-refractivity contribution in [2.45, 2.75) is 23.9 Å². The van der Waals surface area contributed by atoms with Crippen molar-refractivity contribution in [3.63, 3.8) is 0 Å². The molecule has 1 amide bonds. The summed E-state index contributed by atoms with van der Waals surface area (Å²) in [4.78, 5) is 13.4. The third-order valence-electron chi connectivity index (χ3n) is 5.18. The molecule has 7 nitrogen and oxygen atoms in total. The molecule has 2 aliphatic heterocycles. The monoisotopic (exact) mass is 454 g/mol. The van der Waals surface area contributed by atoms with Crippen molar-refractivity contribution in [1.82, 2.24) is 9.21 Å². The van der Waals surface area contributed by atoms with Gasteiger partial charge in [0.1, 0.15) is 0 Å². The lowest BCUT2D eigenvalue weighted by molar-refractivity contribution is -0.137. The fourth-order valence-electron chi connectivity index (χ4n) is 3.57. The lowest BCUT2D eigenvalue weighted by Gasteiger charge is -2.34. The summed E-state index contributed by atoms with van der Waals surface area (Å²) in [5.74, 6) is -0.390. The van der Waals surface area contributed by atoms with Gasteiger partial charge < -0.3 is 4.90 Å². The van der Waals surface area contributed by atoms with Crippen molar-refractivity contribution >= 4 is 25.8 Å². The summed E-state index contributed by atoms with van der Waals surface area (Å²) in [5.41, 5.74) is -1.04. The zero-order valence-corrected chi connectivity index (χ0v) is 17.1. The Bertz CT molecular complexity index is 985. The van der Waals surface area contributed by atoms with E-state index in [0.717, 1.165) is 22.5 Å². The number of sulfone groups is 1. The first-order valence-electron chi connectivity index (χ1n) is 9.04. The number of hydrogen-bond acceptors (Lipinski definition) is 5. The van der Waals surface area contributed by atoms with Gasteiger partial charge in [0.2, 0.25) is 15.9 Å². The highest BCUT2D eigenvalue weighted by Gasteiger charge is 2.35. The molecule has 29 heavy (non-hydrogen) atoms. The summed E-state index contributed by atoms with van der Waals surface area (Å²) in [7, 11) is -7.20. The van der Waals surface area contributed by atoms with Gasteiger partial charge in [-0.2, -0.15) is 17.5 Å². The summed E-state index contributed by atoms with van der Waals surface area (Å²) in [5, 5.41) is 0. The van der Waals surface area contributed by atoms with Gasteiger partial charge in [0.25, 0.3) is 0 Å². The first kappa shape index (κ1) is 22.0. The fourth-order valence-corrected chi connectivity index (χ4v) is 6.90. The molecule has 0 aromatic heterocycles. The Kier molecular flexibility index (Phi) is 5.98. The molecule has 0 bridgehead atoms. The number of benzene rings is 1. The summed E-state index contributed by atoms with van der Waals surface area (Å²) >= 11 is 0. The Morgan fingerprint density at radius 2 is 1.79 bits per heavy atom. The van der Waals surface area contributed by atoms with E-state index in [9.17, 15) is 34.8 Å². The summed E-state index contributed by atoms with van der Waals surface area (Å²) in [6.07, 6.45) is -4.11. The number of hydrogen-bond donors (Lipinski definition) is 0. The maximum absolute atomic E-state index is 12.9. The van der Waals surface area contributed by atoms with E-state index in [2.05, 4.69) is 0 Å². The molecular formula is C17H21F3N2O5S2. The average molecular weight is 454 g/mol. The molecule has 0 aliphatic carbocycles. The molecule has 1 aromatic rings. The van der Waals surface area contributed by atoms with Crippen LogP contribution >= 0.6 is 0 Å². The van der Waals surface area contributed by atoms with Crippen molar-refractivity contribution < 1.29 is 34.8 Å². The molecule has 2 saturated heterocycles. The van der Waals surface area contributed by atoms with Gasteiger partial charge in [-0.15, -0.1) is 0 Å². The van der Waals surface area contributed by atoms with Gasteiger partial charge in [0.05, 0.1) is 22.0 Å². The van der Waals surface area contributed by atoms with Crippen LogP contribution in [0, 0.1) is 5.92 Å². The highest BCUT2D eigenvalue weighted by molar-refractivity contribution is 7.91. The normalized spacial score (nSPS) is 23.3. The van der Waals surface area contributed by atoms with Crippen LogP contribution in [0.25, 0.3) is 0 Å². The van der Waals surface area contributed by atoms with E-state index in [0.29, 0.717) is 12.5 Å². The molecule has 0 spiro atoms. The SMILES string of the molecule is O=C(C[C@@H]1CCS(=O)(=O)C1)N1CCN(S(=O)(=O)c2cccc(C(F)(F)F)c2)CC1. The minimum atomic E-state index is -4.65. The van der Waals surface area contributed by atoms with Crippen LogP contribution < -0.4 is 0 Å². The maximum atomic E-state index is 12.9. The number of carbonyl (C=O) groups is 1. The lowest BCUT2D eigenvalue weighted by atomic mass is 10.0. The van der Waals surface area contributed by atoms with Gasteiger partial charge in [-0.05, 0) is 30.5 Å². The van der Waals surface area contributed by atoms with Gasteiger partial charge >= 0.3 is 6.18 Å². The molecule has 2 fully saturated rings. The predicted molar refractivity (Wildman–Crippen MR) is 98.2 cm³/mol. The van der Waals surface area contributed by atoms with Crippen LogP contribution in [0.5, 0.6) is 0 Å². The van der Waals surface area contributed by atoms with E-state index in [1.165, 1.54) is 4.90 Å². The van der Waals surface area contributed by atoms with Crippen LogP contribution in [0.2, 0.25) is 0 Å². The molecule has 1 aromatic carbocycles. The van der Waals surface area contributed by atoms with Crippen LogP contribution in [-0.4, -0.2) is 69.6 Å². The van der Waals surface area contributed by atoms with Gasteiger partial charge in [-0.1, -0.05) is 6.07 Å². The second-order valence-electron chi connectivity index (χ2n) is 7.28. The molecule has 12 heteroatoms. The van der Waals surface area contributed by atoms with E-state index < -0.39 is 36.5 Å². The first-order chi connectivity index (χ1) is 13.4. The summed E-state index contributed by atoms with van der Waals surface area (Å²) in [6.45, 7) is 0.146. The molecule has 0 N–H and O–H groups in total. The van der Waals surface area contributed by atoms with E-state index in [-0.39, 0.29) is 55.9 Å². The van der Waals surface area contributed by atoms with Gasteiger partial charge in [0, 0.05) is 32.6 Å². The number of rotatable bonds is 4. The van der Waals surface area contributed by atoms with Crippen LogP contribution in [0.15, 0.2) is 29.2 Å². The largest absolute Gasteiger partial charge is 0.416 e. The number of carbonyl (C=O) groups excluding carboxylic acids is 1. The Balaban J connectivity index is 1.62. The molecule has 3 rings (SSSR count). The topological polar surface area (TPSA) is 91.8 Å². The minimum absolute atomic E-state index is 0.0113. The number of amides is 1. The van der Waals surface area contributed by atoms with E-state index in [1.807, 2.05) is 0 Å². The standard InChI is InChI=1S/C17H21F3N2O5S2/c18-17(19,20)14-2-1-3-15(11-14)29(26,27)22-7-5-21(6-8-22)16(23)10-13-4-9-28(24,25)12-13/h1-3,11,13H,4-10,12H2/t13-/m0/s1. The number of sulfonamides is 1. The Morgan fingerprint density at radius 3 is 2.34 bits per heavy atom. The molecule has 0 radical (unpaired) electrons. The van der Waals surface area contributed by atoms with Crippen molar-refractivity contribution in [2.24, 2.45) is 5.92 Å². The molecule has 2 aliphatic rings. The lowest BCUT2D eigenvalue weighted by Crippen LogP contribution is -2.50. The number of alkyl halides is 3. The van der Waals surface area contributed by atoms with Crippen molar-refractivity contribution in [3.05, 3.63) is 29.8 Å². The maximum Gasteiger partial charge on any atom is 0.416 e. The number of piperazine rings is 1. The van der Waals surface area contributed by atoms with Crippen molar-refractivity contribution in [1.29, 1.82) is 0 Å². The van der Waals surface area contributed by atoms with Gasteiger partial charge in [-0.25, -0.2) is 16.8 Å². The zero-order valence-electron chi connectivity index (χ0n) is 15.4. The smallest absolute Gasteiger partial charge is 0.340 e. The predicted octanol–water partition coefficient (Wildman–Crippen LogP) is 1.36. The second kappa shape index (κ2) is 7.88. The second-order valence-corrected chi connectivity index (χ2v) is 11.5. The Morgan fingerprint density at radius 1 is 1.14 bits per heavy atom. The zero-order chi connectivity index (χ0) is 21.4. The van der Waals surface area contributed by atoms with Crippen molar-refractivity contribution in [3.8, 4) is 0 Å². The van der Waals surface area contributed by atoms with E-state index in [1.54, 1.807) is 0 Å². The first-order valence-corrected chi connectivity index (χ1v) is 12.3. The fraction of sp³-hybridized carbons (Fsp3) is 0.588. The molecule has 0 saturated carbocycles. The molecule has 1 atom stereocenters. The molecular weight excluding hydrogens is 433 g/mol. The highest BCUT2D eigenvalue weighted by Crippen LogP contribution is 2.31. The van der Waals surface area contributed by atoms with E-state index >= 15 is 0 Å². The minimum Gasteiger partial charge on any atom is -0.340 e. The van der Waals surface area contributed by atoms with Crippen LogP contribution in [-0.2, 0) is 30.8 Å². The van der Waals surface area contributed by atoms with Gasteiger partial charge in [0.15, 0.2) is 9.84 Å². The third-order valence-corrected chi connectivity index (χ3v) is 8.91. The van der Waals surface area contributed by atoms with E-state index in [4.69, 9.17) is 0 Å². The number of halogens is 3. The third kappa shape index (κ3) is 5.10. The number of nitrogens with zero attached hydrogens (tertiary/aromatic N) is 2. The Hall–Kier alpha value is -1.66. The van der Waals surface area contributed by atoms with Crippen molar-refractivity contribution in [2.75, 3.05) is 37.7 Å². The van der Waals surface area contributed by atoms with Crippen LogP contribution in [0.4, 0.5) is 13.2 Å². The van der Waals surface area contributed by atoms with Gasteiger partial charge in [-0.3, -0.25) is 4.79 Å². The summed E-state index contributed by atoms with van der Waals surface area (Å²) in [6, 6.07) is 3.57. The molecule has 162 valence electrons. The highest BCUT2D eigenvalue weighted by atomic mass is 32.2. The van der Waals surface area contributed by atoms with Crippen LogP contribution in [0.1, 0.15) is 18.4 Å².